The molecule has 0 saturated heterocycles. The maximum atomic E-state index is 11.5. The monoisotopic (exact) mass is 300 g/mol. The molecule has 1 saturated carbocycles. The van der Waals surface area contributed by atoms with E-state index in [0.29, 0.717) is 15.7 Å². The number of anilines is 1. The zero-order chi connectivity index (χ0) is 13.7. The number of carbonyl (C=O) groups is 1. The van der Waals surface area contributed by atoms with E-state index in [0.717, 1.165) is 31.4 Å². The van der Waals surface area contributed by atoms with Gasteiger partial charge in [0.2, 0.25) is 0 Å². The van der Waals surface area contributed by atoms with Crippen LogP contribution >= 0.6 is 23.2 Å². The van der Waals surface area contributed by atoms with Crippen LogP contribution in [0.15, 0.2) is 23.4 Å². The minimum absolute atomic E-state index is 0.373. The number of hydrogen-bond donors (Lipinski definition) is 1. The van der Waals surface area contributed by atoms with Gasteiger partial charge in [-0.25, -0.2) is 4.79 Å². The highest BCUT2D eigenvalue weighted by Crippen LogP contribution is 2.25. The van der Waals surface area contributed by atoms with E-state index in [2.05, 4.69) is 10.5 Å². The molecule has 102 valence electrons. The maximum Gasteiger partial charge on any atom is 0.437 e. The molecule has 4 nitrogen and oxygen atoms in total. The van der Waals surface area contributed by atoms with Gasteiger partial charge in [-0.15, -0.1) is 0 Å². The third-order valence-electron chi connectivity index (χ3n) is 2.85. The second-order valence-corrected chi connectivity index (χ2v) is 5.17. The Bertz CT molecular complexity index is 495. The standard InChI is InChI=1S/C13H14Cl2N2O2/c14-11-7-6-10(8-12(11)15)16-13(18)19-17-9-4-2-1-3-5-9/h6-8H,1-5H2,(H,16,18). The summed E-state index contributed by atoms with van der Waals surface area (Å²) in [6.45, 7) is 0. The lowest BCUT2D eigenvalue weighted by Gasteiger charge is -2.11. The lowest BCUT2D eigenvalue weighted by atomic mass is 9.99. The fraction of sp³-hybridized carbons (Fsp3) is 0.385. The van der Waals surface area contributed by atoms with E-state index in [1.807, 2.05) is 0 Å². The molecular formula is C13H14Cl2N2O2. The van der Waals surface area contributed by atoms with E-state index in [-0.39, 0.29) is 0 Å². The number of amides is 1. The number of halogens is 2. The molecular weight excluding hydrogens is 287 g/mol. The molecule has 0 heterocycles. The Kier molecular flexibility index (Phi) is 5.05. The number of rotatable bonds is 2. The van der Waals surface area contributed by atoms with Crippen molar-refractivity contribution in [2.75, 3.05) is 5.32 Å². The van der Waals surface area contributed by atoms with Gasteiger partial charge in [0, 0.05) is 5.69 Å². The van der Waals surface area contributed by atoms with Crippen LogP contribution in [0.25, 0.3) is 0 Å². The topological polar surface area (TPSA) is 50.7 Å². The lowest BCUT2D eigenvalue weighted by Crippen LogP contribution is -2.13. The van der Waals surface area contributed by atoms with Crippen molar-refractivity contribution in [3.05, 3.63) is 28.2 Å². The van der Waals surface area contributed by atoms with Gasteiger partial charge in [0.15, 0.2) is 0 Å². The first kappa shape index (κ1) is 14.2. The largest absolute Gasteiger partial charge is 0.437 e. The third kappa shape index (κ3) is 4.40. The zero-order valence-electron chi connectivity index (χ0n) is 10.3. The average molecular weight is 301 g/mol. The molecule has 1 N–H and O–H groups in total. The Morgan fingerprint density at radius 2 is 1.89 bits per heavy atom. The van der Waals surface area contributed by atoms with Crippen LogP contribution in [0, 0.1) is 0 Å². The van der Waals surface area contributed by atoms with Gasteiger partial charge in [-0.05, 0) is 43.9 Å². The molecule has 6 heteroatoms. The number of carbonyl (C=O) groups excluding carboxylic acids is 1. The molecule has 0 atom stereocenters. The van der Waals surface area contributed by atoms with E-state index >= 15 is 0 Å². The summed E-state index contributed by atoms with van der Waals surface area (Å²) >= 11 is 11.6. The maximum absolute atomic E-state index is 11.5. The van der Waals surface area contributed by atoms with E-state index in [4.69, 9.17) is 28.0 Å². The lowest BCUT2D eigenvalue weighted by molar-refractivity contribution is 0.165. The van der Waals surface area contributed by atoms with Crippen molar-refractivity contribution in [3.63, 3.8) is 0 Å². The molecule has 1 aliphatic carbocycles. The third-order valence-corrected chi connectivity index (χ3v) is 3.59. The molecule has 0 bridgehead atoms. The van der Waals surface area contributed by atoms with Crippen LogP contribution in [0.4, 0.5) is 10.5 Å². The van der Waals surface area contributed by atoms with Gasteiger partial charge in [0.05, 0.1) is 15.8 Å². The van der Waals surface area contributed by atoms with Crippen LogP contribution in [0.5, 0.6) is 0 Å². The van der Waals surface area contributed by atoms with Crippen molar-refractivity contribution in [3.8, 4) is 0 Å². The number of nitrogens with zero attached hydrogens (tertiary/aromatic N) is 1. The number of nitrogens with one attached hydrogen (secondary N) is 1. The molecule has 0 unspecified atom stereocenters. The highest BCUT2D eigenvalue weighted by molar-refractivity contribution is 6.42. The summed E-state index contributed by atoms with van der Waals surface area (Å²) in [6, 6.07) is 4.80. The van der Waals surface area contributed by atoms with Gasteiger partial charge < -0.3 is 0 Å². The number of benzene rings is 1. The Labute approximate surface area is 121 Å². The van der Waals surface area contributed by atoms with E-state index in [9.17, 15) is 4.79 Å². The molecule has 0 radical (unpaired) electrons. The second-order valence-electron chi connectivity index (χ2n) is 4.35. The minimum Gasteiger partial charge on any atom is -0.298 e. The van der Waals surface area contributed by atoms with Crippen molar-refractivity contribution >= 4 is 40.7 Å². The van der Waals surface area contributed by atoms with Crippen LogP contribution in [0.2, 0.25) is 10.0 Å². The van der Waals surface area contributed by atoms with Crippen molar-refractivity contribution in [1.29, 1.82) is 0 Å². The van der Waals surface area contributed by atoms with Gasteiger partial charge in [-0.1, -0.05) is 34.8 Å². The smallest absolute Gasteiger partial charge is 0.298 e. The van der Waals surface area contributed by atoms with Gasteiger partial charge in [0.1, 0.15) is 0 Å². The molecule has 1 aromatic rings. The Morgan fingerprint density at radius 3 is 2.58 bits per heavy atom. The van der Waals surface area contributed by atoms with Crippen LogP contribution in [-0.4, -0.2) is 11.8 Å². The second kappa shape index (κ2) is 6.78. The molecule has 1 amide bonds. The van der Waals surface area contributed by atoms with Crippen molar-refractivity contribution in [2.45, 2.75) is 32.1 Å². The first-order valence-electron chi connectivity index (χ1n) is 6.14. The summed E-state index contributed by atoms with van der Waals surface area (Å²) in [6.07, 6.45) is 4.61. The average Bonchev–Trinajstić information content (AvgIpc) is 2.42. The van der Waals surface area contributed by atoms with Crippen LogP contribution < -0.4 is 5.32 Å². The molecule has 0 aliphatic heterocycles. The minimum atomic E-state index is -0.628. The first-order valence-corrected chi connectivity index (χ1v) is 6.89. The molecule has 1 fully saturated rings. The van der Waals surface area contributed by atoms with E-state index < -0.39 is 6.09 Å². The van der Waals surface area contributed by atoms with Gasteiger partial charge in [0.25, 0.3) is 0 Å². The van der Waals surface area contributed by atoms with Gasteiger partial charge in [-0.2, -0.15) is 0 Å². The van der Waals surface area contributed by atoms with Crippen molar-refractivity contribution in [2.24, 2.45) is 5.16 Å². The molecule has 19 heavy (non-hydrogen) atoms. The molecule has 1 aromatic carbocycles. The molecule has 0 spiro atoms. The predicted molar refractivity (Wildman–Crippen MR) is 77.1 cm³/mol. The molecule has 0 aromatic heterocycles. The van der Waals surface area contributed by atoms with Crippen molar-refractivity contribution in [1.82, 2.24) is 0 Å². The summed E-state index contributed by atoms with van der Waals surface area (Å²) in [4.78, 5) is 16.4. The normalized spacial score (nSPS) is 14.9. The van der Waals surface area contributed by atoms with Crippen LogP contribution in [0.3, 0.4) is 0 Å². The highest BCUT2D eigenvalue weighted by atomic mass is 35.5. The number of hydrogen-bond acceptors (Lipinski definition) is 3. The summed E-state index contributed by atoms with van der Waals surface area (Å²) < 4.78 is 0. The zero-order valence-corrected chi connectivity index (χ0v) is 11.8. The Morgan fingerprint density at radius 1 is 1.16 bits per heavy atom. The summed E-state index contributed by atoms with van der Waals surface area (Å²) in [5, 5.41) is 7.21. The fourth-order valence-electron chi connectivity index (χ4n) is 1.87. The summed E-state index contributed by atoms with van der Waals surface area (Å²) in [5.74, 6) is 0. The van der Waals surface area contributed by atoms with E-state index in [1.165, 1.54) is 6.42 Å². The highest BCUT2D eigenvalue weighted by Gasteiger charge is 2.09. The quantitative estimate of drug-likeness (QED) is 0.626. The van der Waals surface area contributed by atoms with Crippen molar-refractivity contribution < 1.29 is 9.63 Å². The number of oxime groups is 1. The van der Waals surface area contributed by atoms with E-state index in [1.54, 1.807) is 18.2 Å². The summed E-state index contributed by atoms with van der Waals surface area (Å²) in [5.41, 5.74) is 1.46. The fourth-order valence-corrected chi connectivity index (χ4v) is 2.17. The molecule has 1 aliphatic rings. The van der Waals surface area contributed by atoms with Crippen LogP contribution in [0.1, 0.15) is 32.1 Å². The molecule has 2 rings (SSSR count). The first-order chi connectivity index (χ1) is 9.15. The predicted octanol–water partition coefficient (Wildman–Crippen LogP) is 4.86. The van der Waals surface area contributed by atoms with Gasteiger partial charge in [-0.3, -0.25) is 10.2 Å². The Balaban J connectivity index is 1.88. The van der Waals surface area contributed by atoms with Crippen LogP contribution in [-0.2, 0) is 4.84 Å². The Hall–Kier alpha value is -1.26. The van der Waals surface area contributed by atoms with Gasteiger partial charge >= 0.3 is 6.09 Å². The summed E-state index contributed by atoms with van der Waals surface area (Å²) in [7, 11) is 0. The SMILES string of the molecule is O=C(Nc1ccc(Cl)c(Cl)c1)ON=C1CCCCC1.